The minimum Gasteiger partial charge on any atom is -0.481 e. The number of nitrogens with zero attached hydrogens (tertiary/aromatic N) is 3. The van der Waals surface area contributed by atoms with Gasteiger partial charge in [0.25, 0.3) is 0 Å². The van der Waals surface area contributed by atoms with Crippen molar-refractivity contribution in [2.75, 3.05) is 53.4 Å². The van der Waals surface area contributed by atoms with Crippen LogP contribution in [0.2, 0.25) is 0 Å². The maximum absolute atomic E-state index is 11.8. The van der Waals surface area contributed by atoms with E-state index in [1.807, 2.05) is 23.9 Å². The van der Waals surface area contributed by atoms with Gasteiger partial charge in [0.05, 0.1) is 13.0 Å². The van der Waals surface area contributed by atoms with Gasteiger partial charge in [-0.15, -0.1) is 0 Å². The molecule has 0 aliphatic carbocycles. The second-order valence-electron chi connectivity index (χ2n) is 4.60. The van der Waals surface area contributed by atoms with Gasteiger partial charge < -0.3 is 14.9 Å². The second kappa shape index (κ2) is 6.56. The van der Waals surface area contributed by atoms with Gasteiger partial charge in [-0.25, -0.2) is 0 Å². The van der Waals surface area contributed by atoms with E-state index in [1.54, 1.807) is 0 Å². The predicted octanol–water partition coefficient (Wildman–Crippen LogP) is -0.833. The zero-order chi connectivity index (χ0) is 12.8. The first-order valence-electron chi connectivity index (χ1n) is 5.85. The van der Waals surface area contributed by atoms with E-state index < -0.39 is 5.97 Å². The number of hydrogen-bond donors (Lipinski definition) is 1. The average Bonchev–Trinajstić information content (AvgIpc) is 2.26. The summed E-state index contributed by atoms with van der Waals surface area (Å²) < 4.78 is 0. The molecule has 0 unspecified atom stereocenters. The van der Waals surface area contributed by atoms with Gasteiger partial charge in [-0.2, -0.15) is 0 Å². The largest absolute Gasteiger partial charge is 0.481 e. The molecule has 98 valence electrons. The molecular weight excluding hydrogens is 222 g/mol. The molecule has 1 rings (SSSR count). The second-order valence-corrected chi connectivity index (χ2v) is 4.60. The van der Waals surface area contributed by atoms with E-state index >= 15 is 0 Å². The highest BCUT2D eigenvalue weighted by molar-refractivity contribution is 5.78. The summed E-state index contributed by atoms with van der Waals surface area (Å²) in [5.41, 5.74) is 0. The van der Waals surface area contributed by atoms with Crippen molar-refractivity contribution in [3.05, 3.63) is 0 Å². The normalized spacial score (nSPS) is 17.5. The lowest BCUT2D eigenvalue weighted by atomic mass is 10.3. The van der Waals surface area contributed by atoms with Crippen LogP contribution in [-0.4, -0.2) is 85.0 Å². The van der Waals surface area contributed by atoms with E-state index in [0.717, 1.165) is 13.1 Å². The van der Waals surface area contributed by atoms with Crippen LogP contribution in [-0.2, 0) is 9.59 Å². The molecule has 1 saturated heterocycles. The molecule has 0 bridgehead atoms. The molecule has 0 aromatic heterocycles. The Morgan fingerprint density at radius 1 is 1.18 bits per heavy atom. The SMILES string of the molecule is CN(C)CC(=O)N1CCN(CCC(=O)O)CC1. The summed E-state index contributed by atoms with van der Waals surface area (Å²) in [4.78, 5) is 28.0. The van der Waals surface area contributed by atoms with Gasteiger partial charge >= 0.3 is 5.97 Å². The lowest BCUT2D eigenvalue weighted by molar-refractivity contribution is -0.138. The monoisotopic (exact) mass is 243 g/mol. The molecule has 1 amide bonds. The van der Waals surface area contributed by atoms with E-state index in [0.29, 0.717) is 26.2 Å². The summed E-state index contributed by atoms with van der Waals surface area (Å²) in [7, 11) is 3.75. The van der Waals surface area contributed by atoms with Crippen LogP contribution in [0.1, 0.15) is 6.42 Å². The number of hydrogen-bond acceptors (Lipinski definition) is 4. The summed E-state index contributed by atoms with van der Waals surface area (Å²) in [5, 5.41) is 8.59. The third-order valence-electron chi connectivity index (χ3n) is 2.82. The lowest BCUT2D eigenvalue weighted by Crippen LogP contribution is -2.50. The molecule has 6 nitrogen and oxygen atoms in total. The third-order valence-corrected chi connectivity index (χ3v) is 2.82. The van der Waals surface area contributed by atoms with Crippen LogP contribution >= 0.6 is 0 Å². The number of carboxylic acids is 1. The molecule has 17 heavy (non-hydrogen) atoms. The van der Waals surface area contributed by atoms with E-state index in [4.69, 9.17) is 5.11 Å². The van der Waals surface area contributed by atoms with Crippen LogP contribution in [0.3, 0.4) is 0 Å². The molecule has 0 atom stereocenters. The molecular formula is C11H21N3O3. The fourth-order valence-electron chi connectivity index (χ4n) is 1.85. The number of carbonyl (C=O) groups is 2. The maximum Gasteiger partial charge on any atom is 0.304 e. The Labute approximate surface area is 102 Å². The Morgan fingerprint density at radius 2 is 1.76 bits per heavy atom. The molecule has 1 aliphatic rings. The van der Waals surface area contributed by atoms with Crippen molar-refractivity contribution in [3.63, 3.8) is 0 Å². The lowest BCUT2D eigenvalue weighted by Gasteiger charge is -2.35. The summed E-state index contributed by atoms with van der Waals surface area (Å²) >= 11 is 0. The van der Waals surface area contributed by atoms with Crippen molar-refractivity contribution in [1.29, 1.82) is 0 Å². The van der Waals surface area contributed by atoms with Gasteiger partial charge in [0.1, 0.15) is 0 Å². The van der Waals surface area contributed by atoms with Crippen LogP contribution in [0.5, 0.6) is 0 Å². The third kappa shape index (κ3) is 5.14. The van der Waals surface area contributed by atoms with Crippen molar-refractivity contribution in [3.8, 4) is 0 Å². The highest BCUT2D eigenvalue weighted by Crippen LogP contribution is 2.03. The standard InChI is InChI=1S/C11H21N3O3/c1-12(2)9-10(15)14-7-5-13(6-8-14)4-3-11(16)17/h3-9H2,1-2H3,(H,16,17). The number of aliphatic carboxylic acids is 1. The Balaban J connectivity index is 2.25. The summed E-state index contributed by atoms with van der Waals surface area (Å²) in [6, 6.07) is 0. The van der Waals surface area contributed by atoms with E-state index in [1.165, 1.54) is 0 Å². The smallest absolute Gasteiger partial charge is 0.304 e. The minimum atomic E-state index is -0.767. The van der Waals surface area contributed by atoms with Crippen molar-refractivity contribution < 1.29 is 14.7 Å². The van der Waals surface area contributed by atoms with Crippen molar-refractivity contribution in [1.82, 2.24) is 14.7 Å². The number of likely N-dealkylation sites (N-methyl/N-ethyl adjacent to an activating group) is 1. The number of piperazine rings is 1. The van der Waals surface area contributed by atoms with Crippen molar-refractivity contribution in [2.45, 2.75) is 6.42 Å². The van der Waals surface area contributed by atoms with Gasteiger partial charge in [0, 0.05) is 32.7 Å². The maximum atomic E-state index is 11.8. The molecule has 0 aromatic carbocycles. The van der Waals surface area contributed by atoms with Crippen molar-refractivity contribution >= 4 is 11.9 Å². The molecule has 0 saturated carbocycles. The molecule has 1 heterocycles. The number of carboxylic acid groups (broad SMARTS) is 1. The first-order valence-corrected chi connectivity index (χ1v) is 5.85. The van der Waals surface area contributed by atoms with Gasteiger partial charge in [-0.1, -0.05) is 0 Å². The summed E-state index contributed by atoms with van der Waals surface area (Å²) in [6.07, 6.45) is 0.172. The zero-order valence-corrected chi connectivity index (χ0v) is 10.6. The molecule has 6 heteroatoms. The fraction of sp³-hybridized carbons (Fsp3) is 0.818. The Morgan fingerprint density at radius 3 is 2.24 bits per heavy atom. The van der Waals surface area contributed by atoms with Crippen molar-refractivity contribution in [2.24, 2.45) is 0 Å². The average molecular weight is 243 g/mol. The van der Waals surface area contributed by atoms with Gasteiger partial charge in [0.15, 0.2) is 0 Å². The minimum absolute atomic E-state index is 0.146. The van der Waals surface area contributed by atoms with Gasteiger partial charge in [-0.05, 0) is 14.1 Å². The summed E-state index contributed by atoms with van der Waals surface area (Å²) in [5.74, 6) is -0.621. The quantitative estimate of drug-likeness (QED) is 0.682. The Kier molecular flexibility index (Phi) is 5.37. The van der Waals surface area contributed by atoms with E-state index in [2.05, 4.69) is 4.90 Å². The van der Waals surface area contributed by atoms with Gasteiger partial charge in [0.2, 0.25) is 5.91 Å². The van der Waals surface area contributed by atoms with Gasteiger partial charge in [-0.3, -0.25) is 14.5 Å². The van der Waals surface area contributed by atoms with Crippen LogP contribution in [0, 0.1) is 0 Å². The molecule has 0 radical (unpaired) electrons. The molecule has 1 N–H and O–H groups in total. The summed E-state index contributed by atoms with van der Waals surface area (Å²) in [6.45, 7) is 3.96. The molecule has 1 aliphatic heterocycles. The van der Waals surface area contributed by atoms with E-state index in [9.17, 15) is 9.59 Å². The topological polar surface area (TPSA) is 64.1 Å². The Hall–Kier alpha value is -1.14. The fourth-order valence-corrected chi connectivity index (χ4v) is 1.85. The van der Waals surface area contributed by atoms with Crippen LogP contribution in [0.4, 0.5) is 0 Å². The number of carbonyl (C=O) groups excluding carboxylic acids is 1. The first kappa shape index (κ1) is 13.9. The number of amides is 1. The van der Waals surface area contributed by atoms with Crippen LogP contribution in [0.15, 0.2) is 0 Å². The van der Waals surface area contributed by atoms with Crippen LogP contribution < -0.4 is 0 Å². The van der Waals surface area contributed by atoms with E-state index in [-0.39, 0.29) is 12.3 Å². The highest BCUT2D eigenvalue weighted by atomic mass is 16.4. The predicted molar refractivity (Wildman–Crippen MR) is 63.8 cm³/mol. The molecule has 0 spiro atoms. The zero-order valence-electron chi connectivity index (χ0n) is 10.6. The highest BCUT2D eigenvalue weighted by Gasteiger charge is 2.21. The molecule has 1 fully saturated rings. The molecule has 0 aromatic rings. The Bertz CT molecular complexity index is 273. The first-order chi connectivity index (χ1) is 7.99. The van der Waals surface area contributed by atoms with Crippen LogP contribution in [0.25, 0.3) is 0 Å². The number of rotatable bonds is 5.